The quantitative estimate of drug-likeness (QED) is 0.588. The normalized spacial score (nSPS) is 20.2. The fourth-order valence-corrected chi connectivity index (χ4v) is 5.18. The highest BCUT2D eigenvalue weighted by Gasteiger charge is 2.47. The number of methoxy groups -OCH3 is 1. The van der Waals surface area contributed by atoms with Crippen LogP contribution in [0.25, 0.3) is 0 Å². The van der Waals surface area contributed by atoms with Crippen molar-refractivity contribution in [3.8, 4) is 5.75 Å². The zero-order chi connectivity index (χ0) is 25.2. The maximum Gasteiger partial charge on any atom is 0.255 e. The summed E-state index contributed by atoms with van der Waals surface area (Å²) in [6.45, 7) is 2.07. The molecule has 1 saturated carbocycles. The standard InChI is InChI=1S/C27H31FN4O4/c1-36-23-9-6-17(14-22(23)28)16-31-12-10-18(11-13-31)30-24(33)15-29-26(34)25-20-4-2-3-5-21(20)27(35)32(25)19-7-8-19/h2-6,9,14,18-19,25H,7-8,10-13,15-16H2,1H3,(H,29,34)(H,30,33). The molecule has 1 saturated heterocycles. The molecule has 0 aromatic heterocycles. The average Bonchev–Trinajstić information content (AvgIpc) is 3.67. The number of amides is 3. The first-order chi connectivity index (χ1) is 17.4. The van der Waals surface area contributed by atoms with Gasteiger partial charge in [-0.3, -0.25) is 19.3 Å². The number of hydrogen-bond donors (Lipinski definition) is 2. The number of halogens is 1. The number of rotatable bonds is 8. The van der Waals surface area contributed by atoms with Crippen molar-refractivity contribution < 1.29 is 23.5 Å². The van der Waals surface area contributed by atoms with Crippen LogP contribution >= 0.6 is 0 Å². The Morgan fingerprint density at radius 2 is 1.83 bits per heavy atom. The zero-order valence-corrected chi connectivity index (χ0v) is 20.3. The minimum absolute atomic E-state index is 0.0232. The van der Waals surface area contributed by atoms with Gasteiger partial charge in [0.25, 0.3) is 5.91 Å². The van der Waals surface area contributed by atoms with Gasteiger partial charge in [0.1, 0.15) is 6.04 Å². The van der Waals surface area contributed by atoms with Crippen molar-refractivity contribution in [3.63, 3.8) is 0 Å². The van der Waals surface area contributed by atoms with Gasteiger partial charge >= 0.3 is 0 Å². The van der Waals surface area contributed by atoms with Gasteiger partial charge in [0, 0.05) is 37.3 Å². The molecule has 1 atom stereocenters. The molecule has 2 aromatic rings. The second kappa shape index (κ2) is 10.3. The molecule has 3 amide bonds. The molecule has 2 fully saturated rings. The number of hydrogen-bond acceptors (Lipinski definition) is 5. The van der Waals surface area contributed by atoms with E-state index in [1.54, 1.807) is 23.1 Å². The van der Waals surface area contributed by atoms with Crippen LogP contribution in [0.4, 0.5) is 4.39 Å². The Hall–Kier alpha value is -3.46. The third kappa shape index (κ3) is 5.06. The number of fused-ring (bicyclic) bond motifs is 1. The highest BCUT2D eigenvalue weighted by atomic mass is 19.1. The summed E-state index contributed by atoms with van der Waals surface area (Å²) in [5, 5.41) is 5.75. The van der Waals surface area contributed by atoms with Gasteiger partial charge in [-0.25, -0.2) is 4.39 Å². The van der Waals surface area contributed by atoms with E-state index in [1.165, 1.54) is 13.2 Å². The van der Waals surface area contributed by atoms with Gasteiger partial charge < -0.3 is 20.3 Å². The van der Waals surface area contributed by atoms with Crippen LogP contribution in [0.15, 0.2) is 42.5 Å². The van der Waals surface area contributed by atoms with Gasteiger partial charge in [-0.2, -0.15) is 0 Å². The van der Waals surface area contributed by atoms with E-state index in [4.69, 9.17) is 4.74 Å². The van der Waals surface area contributed by atoms with Crippen LogP contribution in [-0.4, -0.2) is 66.3 Å². The summed E-state index contributed by atoms with van der Waals surface area (Å²) >= 11 is 0. The first-order valence-electron chi connectivity index (χ1n) is 12.5. The van der Waals surface area contributed by atoms with Crippen molar-refractivity contribution in [2.75, 3.05) is 26.7 Å². The molecule has 2 heterocycles. The van der Waals surface area contributed by atoms with Gasteiger partial charge in [-0.1, -0.05) is 24.3 Å². The molecule has 3 aliphatic rings. The van der Waals surface area contributed by atoms with E-state index >= 15 is 0 Å². The lowest BCUT2D eigenvalue weighted by atomic mass is 10.0. The van der Waals surface area contributed by atoms with Gasteiger partial charge in [0.2, 0.25) is 11.8 Å². The Morgan fingerprint density at radius 1 is 1.08 bits per heavy atom. The van der Waals surface area contributed by atoms with E-state index in [-0.39, 0.29) is 47.9 Å². The first-order valence-corrected chi connectivity index (χ1v) is 12.5. The predicted molar refractivity (Wildman–Crippen MR) is 131 cm³/mol. The van der Waals surface area contributed by atoms with E-state index < -0.39 is 6.04 Å². The summed E-state index contributed by atoms with van der Waals surface area (Å²) in [6.07, 6.45) is 3.35. The number of piperidine rings is 1. The smallest absolute Gasteiger partial charge is 0.255 e. The number of ether oxygens (including phenoxy) is 1. The first kappa shape index (κ1) is 24.2. The summed E-state index contributed by atoms with van der Waals surface area (Å²) in [5.74, 6) is -0.811. The van der Waals surface area contributed by atoms with Crippen LogP contribution in [0.3, 0.4) is 0 Å². The summed E-state index contributed by atoms with van der Waals surface area (Å²) in [6, 6.07) is 11.6. The summed E-state index contributed by atoms with van der Waals surface area (Å²) in [7, 11) is 1.44. The number of nitrogens with one attached hydrogen (secondary N) is 2. The maximum atomic E-state index is 14.0. The molecule has 8 nitrogen and oxygen atoms in total. The third-order valence-corrected chi connectivity index (χ3v) is 7.19. The average molecular weight is 495 g/mol. The lowest BCUT2D eigenvalue weighted by Gasteiger charge is -2.32. The molecular weight excluding hydrogens is 463 g/mol. The highest BCUT2D eigenvalue weighted by molar-refractivity contribution is 6.05. The van der Waals surface area contributed by atoms with E-state index in [2.05, 4.69) is 15.5 Å². The SMILES string of the molecule is COc1ccc(CN2CCC(NC(=O)CNC(=O)C3c4ccccc4C(=O)N3C3CC3)CC2)cc1F. The number of carbonyl (C=O) groups excluding carboxylic acids is 3. The lowest BCUT2D eigenvalue weighted by molar-refractivity contribution is -0.129. The molecule has 1 aliphatic carbocycles. The molecule has 36 heavy (non-hydrogen) atoms. The van der Waals surface area contributed by atoms with Crippen LogP contribution in [0.2, 0.25) is 0 Å². The van der Waals surface area contributed by atoms with Gasteiger partial charge in [0.05, 0.1) is 13.7 Å². The number of carbonyl (C=O) groups is 3. The summed E-state index contributed by atoms with van der Waals surface area (Å²) in [4.78, 5) is 42.3. The van der Waals surface area contributed by atoms with Crippen LogP contribution in [0, 0.1) is 5.82 Å². The van der Waals surface area contributed by atoms with E-state index in [1.807, 2.05) is 18.2 Å². The third-order valence-electron chi connectivity index (χ3n) is 7.19. The van der Waals surface area contributed by atoms with Crippen molar-refractivity contribution in [2.24, 2.45) is 0 Å². The van der Waals surface area contributed by atoms with Crippen LogP contribution in [0.5, 0.6) is 5.75 Å². The minimum Gasteiger partial charge on any atom is -0.494 e. The fraction of sp³-hybridized carbons (Fsp3) is 0.444. The van der Waals surface area contributed by atoms with Crippen LogP contribution in [-0.2, 0) is 16.1 Å². The van der Waals surface area contributed by atoms with Gasteiger partial charge in [-0.15, -0.1) is 0 Å². The molecule has 2 aliphatic heterocycles. The Bertz CT molecular complexity index is 1160. The highest BCUT2D eigenvalue weighted by Crippen LogP contribution is 2.41. The summed E-state index contributed by atoms with van der Waals surface area (Å²) < 4.78 is 18.9. The van der Waals surface area contributed by atoms with Gasteiger partial charge in [-0.05, 0) is 55.0 Å². The molecule has 0 radical (unpaired) electrons. The fourth-order valence-electron chi connectivity index (χ4n) is 5.18. The number of likely N-dealkylation sites (tertiary alicyclic amines) is 1. The Labute approximate surface area is 209 Å². The molecule has 190 valence electrons. The van der Waals surface area contributed by atoms with E-state index in [0.717, 1.165) is 44.3 Å². The van der Waals surface area contributed by atoms with Crippen molar-refractivity contribution in [1.29, 1.82) is 0 Å². The lowest BCUT2D eigenvalue weighted by Crippen LogP contribution is -2.48. The molecule has 2 aromatic carbocycles. The van der Waals surface area contributed by atoms with Crippen molar-refractivity contribution in [2.45, 2.75) is 50.4 Å². The molecule has 0 bridgehead atoms. The number of benzene rings is 2. The van der Waals surface area contributed by atoms with E-state index in [9.17, 15) is 18.8 Å². The molecule has 0 spiro atoms. The minimum atomic E-state index is -0.681. The maximum absolute atomic E-state index is 14.0. The van der Waals surface area contributed by atoms with Gasteiger partial charge in [0.15, 0.2) is 11.6 Å². The molecular formula is C27H31FN4O4. The molecule has 5 rings (SSSR count). The van der Waals surface area contributed by atoms with Crippen molar-refractivity contribution in [1.82, 2.24) is 20.4 Å². The molecule has 1 unspecified atom stereocenters. The monoisotopic (exact) mass is 494 g/mol. The number of nitrogens with zero attached hydrogens (tertiary/aromatic N) is 2. The predicted octanol–water partition coefficient (Wildman–Crippen LogP) is 2.39. The van der Waals surface area contributed by atoms with Crippen LogP contribution < -0.4 is 15.4 Å². The summed E-state index contributed by atoms with van der Waals surface area (Å²) in [5.41, 5.74) is 2.15. The molecule has 9 heteroatoms. The molecule has 2 N–H and O–H groups in total. The largest absolute Gasteiger partial charge is 0.494 e. The Morgan fingerprint density at radius 3 is 2.53 bits per heavy atom. The second-order valence-corrected chi connectivity index (χ2v) is 9.74. The second-order valence-electron chi connectivity index (χ2n) is 9.74. The Kier molecular flexibility index (Phi) is 6.91. The Balaban J connectivity index is 1.09. The van der Waals surface area contributed by atoms with Crippen molar-refractivity contribution >= 4 is 17.7 Å². The zero-order valence-electron chi connectivity index (χ0n) is 20.3. The van der Waals surface area contributed by atoms with Crippen molar-refractivity contribution in [3.05, 3.63) is 65.0 Å². The van der Waals surface area contributed by atoms with E-state index in [0.29, 0.717) is 17.7 Å². The van der Waals surface area contributed by atoms with Crippen LogP contribution in [0.1, 0.15) is 53.2 Å². The topological polar surface area (TPSA) is 91.0 Å².